The molecule has 1 N–H and O–H groups in total. The number of carbonyl (C=O) groups excluding carboxylic acids is 1. The van der Waals surface area contributed by atoms with E-state index in [0.29, 0.717) is 22.8 Å². The molecule has 2 atom stereocenters. The van der Waals surface area contributed by atoms with Crippen LogP contribution in [0.2, 0.25) is 0 Å². The van der Waals surface area contributed by atoms with E-state index in [1.807, 2.05) is 0 Å². The van der Waals surface area contributed by atoms with E-state index in [0.717, 1.165) is 0 Å². The summed E-state index contributed by atoms with van der Waals surface area (Å²) in [5.74, 6) is -1.15. The number of carboxylic acid groups (broad SMARTS) is 1. The Morgan fingerprint density at radius 2 is 1.74 bits per heavy atom. The summed E-state index contributed by atoms with van der Waals surface area (Å²) in [6.07, 6.45) is 0.180. The van der Waals surface area contributed by atoms with Gasteiger partial charge in [0.2, 0.25) is 5.75 Å². The van der Waals surface area contributed by atoms with Crippen molar-refractivity contribution in [3.8, 4) is 17.2 Å². The van der Waals surface area contributed by atoms with E-state index in [2.05, 4.69) is 0 Å². The van der Waals surface area contributed by atoms with Gasteiger partial charge in [0.1, 0.15) is 0 Å². The fourth-order valence-electron chi connectivity index (χ4n) is 2.78. The number of ether oxygens (including phenoxy) is 4. The molecule has 0 amide bonds. The molecule has 23 heavy (non-hydrogen) atoms. The molecule has 0 unspecified atom stereocenters. The van der Waals surface area contributed by atoms with Gasteiger partial charge in [-0.05, 0) is 31.0 Å². The molecular weight excluding hydrogens is 304 g/mol. The van der Waals surface area contributed by atoms with Crippen LogP contribution in [0.1, 0.15) is 24.8 Å². The lowest BCUT2D eigenvalue weighted by molar-refractivity contribution is -0.161. The molecule has 1 aromatic carbocycles. The Morgan fingerprint density at radius 3 is 2.13 bits per heavy atom. The van der Waals surface area contributed by atoms with Crippen molar-refractivity contribution in [3.05, 3.63) is 17.7 Å². The van der Waals surface area contributed by atoms with E-state index in [4.69, 9.17) is 18.9 Å². The average molecular weight is 324 g/mol. The molecule has 1 aromatic rings. The van der Waals surface area contributed by atoms with E-state index in [1.165, 1.54) is 21.3 Å². The highest BCUT2D eigenvalue weighted by atomic mass is 16.5. The van der Waals surface area contributed by atoms with Gasteiger partial charge in [-0.1, -0.05) is 0 Å². The van der Waals surface area contributed by atoms with E-state index in [-0.39, 0.29) is 13.0 Å². The number of aliphatic carboxylic acids is 1. The molecule has 7 heteroatoms. The normalized spacial score (nSPS) is 22.2. The minimum Gasteiger partial charge on any atom is -0.493 e. The molecule has 1 saturated carbocycles. The Hall–Kier alpha value is -2.44. The number of benzene rings is 1. The van der Waals surface area contributed by atoms with Gasteiger partial charge >= 0.3 is 11.9 Å². The van der Waals surface area contributed by atoms with Crippen molar-refractivity contribution in [1.82, 2.24) is 0 Å². The molecule has 0 aliphatic heterocycles. The molecule has 0 radical (unpaired) electrons. The highest BCUT2D eigenvalue weighted by Crippen LogP contribution is 2.61. The number of carbonyl (C=O) groups is 2. The maximum atomic E-state index is 12.1. The zero-order valence-corrected chi connectivity index (χ0v) is 13.5. The molecule has 1 aliphatic rings. The van der Waals surface area contributed by atoms with Crippen LogP contribution < -0.4 is 14.2 Å². The molecule has 1 fully saturated rings. The lowest BCUT2D eigenvalue weighted by Gasteiger charge is -2.15. The van der Waals surface area contributed by atoms with Gasteiger partial charge in [-0.25, -0.2) is 0 Å². The second kappa shape index (κ2) is 6.36. The van der Waals surface area contributed by atoms with Crippen molar-refractivity contribution in [1.29, 1.82) is 0 Å². The lowest BCUT2D eigenvalue weighted by Crippen LogP contribution is -2.29. The van der Waals surface area contributed by atoms with Crippen LogP contribution in [-0.2, 0) is 14.3 Å². The summed E-state index contributed by atoms with van der Waals surface area (Å²) >= 11 is 0. The van der Waals surface area contributed by atoms with Crippen LogP contribution in [0.3, 0.4) is 0 Å². The topological polar surface area (TPSA) is 91.3 Å². The number of hydrogen-bond acceptors (Lipinski definition) is 6. The zero-order chi connectivity index (χ0) is 17.2. The largest absolute Gasteiger partial charge is 0.493 e. The van der Waals surface area contributed by atoms with Gasteiger partial charge in [0.15, 0.2) is 16.9 Å². The molecule has 2 rings (SSSR count). The van der Waals surface area contributed by atoms with E-state index in [9.17, 15) is 14.7 Å². The summed E-state index contributed by atoms with van der Waals surface area (Å²) in [4.78, 5) is 23.7. The number of carboxylic acids is 1. The predicted octanol–water partition coefficient (Wildman–Crippen LogP) is 1.83. The minimum atomic E-state index is -1.54. The Bertz CT molecular complexity index is 600. The molecule has 0 aromatic heterocycles. The van der Waals surface area contributed by atoms with Crippen LogP contribution in [0.15, 0.2) is 12.1 Å². The number of methoxy groups -OCH3 is 3. The summed E-state index contributed by atoms with van der Waals surface area (Å²) in [7, 11) is 4.44. The minimum absolute atomic E-state index is 0.135. The highest BCUT2D eigenvalue weighted by molar-refractivity contribution is 6.04. The molecule has 0 bridgehead atoms. The summed E-state index contributed by atoms with van der Waals surface area (Å²) in [5.41, 5.74) is -0.907. The fourth-order valence-corrected chi connectivity index (χ4v) is 2.78. The molecule has 0 heterocycles. The summed E-state index contributed by atoms with van der Waals surface area (Å²) in [5, 5.41) is 9.50. The van der Waals surface area contributed by atoms with Crippen molar-refractivity contribution >= 4 is 11.9 Å². The van der Waals surface area contributed by atoms with Crippen molar-refractivity contribution in [3.63, 3.8) is 0 Å². The van der Waals surface area contributed by atoms with Crippen molar-refractivity contribution < 1.29 is 33.6 Å². The molecular formula is C16H20O7. The molecule has 0 saturated heterocycles. The van der Waals surface area contributed by atoms with Crippen molar-refractivity contribution in [2.24, 2.45) is 5.41 Å². The first-order valence-corrected chi connectivity index (χ1v) is 7.16. The fraction of sp³-hybridized carbons (Fsp3) is 0.500. The Morgan fingerprint density at radius 1 is 1.17 bits per heavy atom. The Balaban J connectivity index is 2.43. The van der Waals surface area contributed by atoms with Crippen LogP contribution in [0, 0.1) is 5.41 Å². The monoisotopic (exact) mass is 324 g/mol. The predicted molar refractivity (Wildman–Crippen MR) is 80.2 cm³/mol. The lowest BCUT2D eigenvalue weighted by atomic mass is 9.98. The van der Waals surface area contributed by atoms with E-state index >= 15 is 0 Å². The first-order valence-electron chi connectivity index (χ1n) is 7.16. The van der Waals surface area contributed by atoms with Crippen molar-refractivity contribution in [2.75, 3.05) is 27.9 Å². The number of hydrogen-bond donors (Lipinski definition) is 1. The van der Waals surface area contributed by atoms with Crippen LogP contribution in [-0.4, -0.2) is 45.0 Å². The zero-order valence-electron chi connectivity index (χ0n) is 13.5. The van der Waals surface area contributed by atoms with Gasteiger partial charge in [-0.15, -0.1) is 0 Å². The Labute approximate surface area is 134 Å². The second-order valence-electron chi connectivity index (χ2n) is 5.21. The van der Waals surface area contributed by atoms with Crippen molar-refractivity contribution in [2.45, 2.75) is 19.3 Å². The number of esters is 1. The average Bonchev–Trinajstić information content (AvgIpc) is 3.30. The van der Waals surface area contributed by atoms with Gasteiger partial charge in [-0.2, -0.15) is 0 Å². The van der Waals surface area contributed by atoms with E-state index < -0.39 is 23.3 Å². The number of rotatable bonds is 7. The molecule has 126 valence electrons. The first kappa shape index (κ1) is 16.9. The molecule has 1 aliphatic carbocycles. The highest BCUT2D eigenvalue weighted by Gasteiger charge is 2.68. The maximum Gasteiger partial charge on any atom is 0.324 e. The van der Waals surface area contributed by atoms with Gasteiger partial charge in [-0.3, -0.25) is 9.59 Å². The third-order valence-electron chi connectivity index (χ3n) is 4.07. The third kappa shape index (κ3) is 2.67. The molecule has 0 spiro atoms. The third-order valence-corrected chi connectivity index (χ3v) is 4.07. The van der Waals surface area contributed by atoms with Gasteiger partial charge < -0.3 is 24.1 Å². The smallest absolute Gasteiger partial charge is 0.324 e. The van der Waals surface area contributed by atoms with E-state index in [1.54, 1.807) is 19.1 Å². The SMILES string of the molecule is CCOC(=O)[C@@]1(C(=O)O)C[C@H]1c1cc(OC)c(OC)c(OC)c1. The Kier molecular flexibility index (Phi) is 4.68. The van der Waals surface area contributed by atoms with Gasteiger partial charge in [0, 0.05) is 5.92 Å². The molecule has 7 nitrogen and oxygen atoms in total. The second-order valence-corrected chi connectivity index (χ2v) is 5.21. The quantitative estimate of drug-likeness (QED) is 0.604. The maximum absolute atomic E-state index is 12.1. The van der Waals surface area contributed by atoms with Crippen LogP contribution >= 0.6 is 0 Å². The van der Waals surface area contributed by atoms with Gasteiger partial charge in [0.05, 0.1) is 27.9 Å². The van der Waals surface area contributed by atoms with Gasteiger partial charge in [0.25, 0.3) is 0 Å². The van der Waals surface area contributed by atoms with Crippen LogP contribution in [0.4, 0.5) is 0 Å². The first-order chi connectivity index (χ1) is 11.0. The summed E-state index contributed by atoms with van der Waals surface area (Å²) in [6.45, 7) is 1.78. The summed E-state index contributed by atoms with van der Waals surface area (Å²) < 4.78 is 20.7. The van der Waals surface area contributed by atoms with Crippen LogP contribution in [0.5, 0.6) is 17.2 Å². The standard InChI is InChI=1S/C16H20O7/c1-5-23-15(19)16(14(17)18)8-10(16)9-6-11(20-2)13(22-4)12(7-9)21-3/h6-7,10H,5,8H2,1-4H3,(H,17,18)/t10-,16-/m0/s1. The van der Waals surface area contributed by atoms with Crippen LogP contribution in [0.25, 0.3) is 0 Å². The summed E-state index contributed by atoms with van der Waals surface area (Å²) in [6, 6.07) is 3.33.